The fraction of sp³-hybridized carbons (Fsp3) is 0.833. The van der Waals surface area contributed by atoms with Gasteiger partial charge in [0.1, 0.15) is 0 Å². The average Bonchev–Trinajstić information content (AvgIpc) is 2.14. The van der Waals surface area contributed by atoms with Crippen LogP contribution in [0.5, 0.6) is 0 Å². The highest BCUT2D eigenvalue weighted by Gasteiger charge is 2.16. The van der Waals surface area contributed by atoms with E-state index in [0.717, 1.165) is 12.3 Å². The molecule has 0 heterocycles. The molecule has 13 heavy (non-hydrogen) atoms. The molecule has 1 atom stereocenters. The SMILES string of the molecule is C#CCC(NC)C(CCC)CCC. The second-order valence-electron chi connectivity index (χ2n) is 3.64. The van der Waals surface area contributed by atoms with E-state index in [9.17, 15) is 0 Å². The topological polar surface area (TPSA) is 12.0 Å². The van der Waals surface area contributed by atoms with E-state index in [-0.39, 0.29) is 0 Å². The summed E-state index contributed by atoms with van der Waals surface area (Å²) in [6.07, 6.45) is 11.3. The first-order valence-corrected chi connectivity index (χ1v) is 5.40. The molecule has 0 spiro atoms. The molecular weight excluding hydrogens is 158 g/mol. The van der Waals surface area contributed by atoms with Crippen molar-refractivity contribution in [3.05, 3.63) is 0 Å². The van der Waals surface area contributed by atoms with Gasteiger partial charge in [-0.2, -0.15) is 0 Å². The van der Waals surface area contributed by atoms with Crippen molar-refractivity contribution in [3.63, 3.8) is 0 Å². The van der Waals surface area contributed by atoms with Gasteiger partial charge in [0.2, 0.25) is 0 Å². The minimum Gasteiger partial charge on any atom is -0.316 e. The lowest BCUT2D eigenvalue weighted by atomic mass is 9.89. The highest BCUT2D eigenvalue weighted by Crippen LogP contribution is 2.19. The molecule has 0 aliphatic heterocycles. The van der Waals surface area contributed by atoms with Crippen LogP contribution in [0.15, 0.2) is 0 Å². The monoisotopic (exact) mass is 181 g/mol. The van der Waals surface area contributed by atoms with Crippen molar-refractivity contribution in [2.75, 3.05) is 7.05 Å². The predicted octanol–water partition coefficient (Wildman–Crippen LogP) is 2.81. The fourth-order valence-corrected chi connectivity index (χ4v) is 1.92. The van der Waals surface area contributed by atoms with Crippen molar-refractivity contribution < 1.29 is 0 Å². The predicted molar refractivity (Wildman–Crippen MR) is 59.6 cm³/mol. The summed E-state index contributed by atoms with van der Waals surface area (Å²) in [4.78, 5) is 0. The van der Waals surface area contributed by atoms with Gasteiger partial charge in [-0.1, -0.05) is 26.7 Å². The van der Waals surface area contributed by atoms with Crippen LogP contribution >= 0.6 is 0 Å². The van der Waals surface area contributed by atoms with Crippen LogP contribution in [0.25, 0.3) is 0 Å². The number of hydrogen-bond donors (Lipinski definition) is 1. The van der Waals surface area contributed by atoms with Crippen LogP contribution in [-0.4, -0.2) is 13.1 Å². The fourth-order valence-electron chi connectivity index (χ4n) is 1.92. The standard InChI is InChI=1S/C12H23N/c1-5-8-11(9-6-2)12(13-4)10-7-3/h3,11-13H,5-6,8-10H2,1-2,4H3. The van der Waals surface area contributed by atoms with Gasteiger partial charge in [-0.05, 0) is 25.8 Å². The maximum Gasteiger partial charge on any atom is 0.0243 e. The third kappa shape index (κ3) is 4.95. The molecule has 0 fully saturated rings. The van der Waals surface area contributed by atoms with Gasteiger partial charge in [-0.25, -0.2) is 0 Å². The zero-order valence-electron chi connectivity index (χ0n) is 9.27. The van der Waals surface area contributed by atoms with Gasteiger partial charge in [-0.3, -0.25) is 0 Å². The van der Waals surface area contributed by atoms with E-state index in [2.05, 4.69) is 25.1 Å². The summed E-state index contributed by atoms with van der Waals surface area (Å²) in [5.74, 6) is 3.51. The average molecular weight is 181 g/mol. The van der Waals surface area contributed by atoms with Crippen LogP contribution in [0, 0.1) is 18.3 Å². The van der Waals surface area contributed by atoms with Crippen molar-refractivity contribution in [1.82, 2.24) is 5.32 Å². The van der Waals surface area contributed by atoms with Gasteiger partial charge in [0.15, 0.2) is 0 Å². The van der Waals surface area contributed by atoms with Gasteiger partial charge in [0.05, 0.1) is 0 Å². The zero-order chi connectivity index (χ0) is 10.1. The molecule has 1 nitrogen and oxygen atoms in total. The molecule has 1 heteroatoms. The molecule has 0 radical (unpaired) electrons. The lowest BCUT2D eigenvalue weighted by Gasteiger charge is -2.24. The van der Waals surface area contributed by atoms with E-state index >= 15 is 0 Å². The molecule has 0 aromatic rings. The Morgan fingerprint density at radius 2 is 1.77 bits per heavy atom. The zero-order valence-corrected chi connectivity index (χ0v) is 9.27. The highest BCUT2D eigenvalue weighted by atomic mass is 14.9. The molecular formula is C12H23N. The summed E-state index contributed by atoms with van der Waals surface area (Å²) in [6, 6.07) is 0.518. The molecule has 0 amide bonds. The van der Waals surface area contributed by atoms with Crippen LogP contribution in [0.1, 0.15) is 46.0 Å². The molecule has 0 rings (SSSR count). The summed E-state index contributed by atoms with van der Waals surface area (Å²) in [7, 11) is 2.01. The number of rotatable bonds is 7. The Bertz CT molecular complexity index is 140. The lowest BCUT2D eigenvalue weighted by molar-refractivity contribution is 0.328. The Labute approximate surface area is 83.3 Å². The molecule has 0 aromatic carbocycles. The molecule has 0 saturated carbocycles. The normalized spacial score (nSPS) is 12.8. The third-order valence-electron chi connectivity index (χ3n) is 2.60. The van der Waals surface area contributed by atoms with Crippen molar-refractivity contribution >= 4 is 0 Å². The highest BCUT2D eigenvalue weighted by molar-refractivity contribution is 4.91. The Morgan fingerprint density at radius 1 is 1.23 bits per heavy atom. The van der Waals surface area contributed by atoms with E-state index in [1.54, 1.807) is 0 Å². The summed E-state index contributed by atoms with van der Waals surface area (Å²) in [5, 5.41) is 3.33. The van der Waals surface area contributed by atoms with Gasteiger partial charge in [-0.15, -0.1) is 12.3 Å². The molecule has 76 valence electrons. The van der Waals surface area contributed by atoms with Crippen LogP contribution < -0.4 is 5.32 Å². The van der Waals surface area contributed by atoms with Crippen molar-refractivity contribution in [3.8, 4) is 12.3 Å². The Kier molecular flexibility index (Phi) is 7.83. The van der Waals surface area contributed by atoms with E-state index in [0.29, 0.717) is 6.04 Å². The lowest BCUT2D eigenvalue weighted by Crippen LogP contribution is -2.33. The van der Waals surface area contributed by atoms with Gasteiger partial charge >= 0.3 is 0 Å². The molecule has 1 unspecified atom stereocenters. The molecule has 0 saturated heterocycles. The molecule has 0 aliphatic carbocycles. The van der Waals surface area contributed by atoms with Crippen LogP contribution in [0.2, 0.25) is 0 Å². The second-order valence-corrected chi connectivity index (χ2v) is 3.64. The molecule has 1 N–H and O–H groups in total. The first-order chi connectivity index (χ1) is 6.29. The maximum atomic E-state index is 5.35. The molecule has 0 bridgehead atoms. The first kappa shape index (κ1) is 12.5. The summed E-state index contributed by atoms with van der Waals surface area (Å²) < 4.78 is 0. The maximum absolute atomic E-state index is 5.35. The summed E-state index contributed by atoms with van der Waals surface area (Å²) >= 11 is 0. The van der Waals surface area contributed by atoms with Gasteiger partial charge < -0.3 is 5.32 Å². The van der Waals surface area contributed by atoms with E-state index in [1.807, 2.05) is 7.05 Å². The number of terminal acetylenes is 1. The quantitative estimate of drug-likeness (QED) is 0.596. The number of nitrogens with one attached hydrogen (secondary N) is 1. The Balaban J connectivity index is 4.04. The van der Waals surface area contributed by atoms with Crippen LogP contribution in [0.3, 0.4) is 0 Å². The molecule has 0 aromatic heterocycles. The van der Waals surface area contributed by atoms with Crippen molar-refractivity contribution in [2.24, 2.45) is 5.92 Å². The second kappa shape index (κ2) is 8.13. The minimum absolute atomic E-state index is 0.518. The third-order valence-corrected chi connectivity index (χ3v) is 2.60. The number of hydrogen-bond acceptors (Lipinski definition) is 1. The summed E-state index contributed by atoms with van der Waals surface area (Å²) in [5.41, 5.74) is 0. The van der Waals surface area contributed by atoms with Crippen LogP contribution in [-0.2, 0) is 0 Å². The summed E-state index contributed by atoms with van der Waals surface area (Å²) in [6.45, 7) is 4.48. The van der Waals surface area contributed by atoms with Crippen molar-refractivity contribution in [2.45, 2.75) is 52.0 Å². The minimum atomic E-state index is 0.518. The Morgan fingerprint density at radius 3 is 2.08 bits per heavy atom. The van der Waals surface area contributed by atoms with Crippen molar-refractivity contribution in [1.29, 1.82) is 0 Å². The Hall–Kier alpha value is -0.480. The van der Waals surface area contributed by atoms with E-state index < -0.39 is 0 Å². The van der Waals surface area contributed by atoms with E-state index in [4.69, 9.17) is 6.42 Å². The largest absolute Gasteiger partial charge is 0.316 e. The van der Waals surface area contributed by atoms with Gasteiger partial charge in [0, 0.05) is 12.5 Å². The molecule has 0 aliphatic rings. The first-order valence-electron chi connectivity index (χ1n) is 5.40. The smallest absolute Gasteiger partial charge is 0.0243 e. The van der Waals surface area contributed by atoms with Crippen LogP contribution in [0.4, 0.5) is 0 Å². The van der Waals surface area contributed by atoms with E-state index in [1.165, 1.54) is 25.7 Å². The van der Waals surface area contributed by atoms with Gasteiger partial charge in [0.25, 0.3) is 0 Å².